The molecule has 0 radical (unpaired) electrons. The van der Waals surface area contributed by atoms with Gasteiger partial charge in [0.25, 0.3) is 0 Å². The average molecular weight is 505 g/mol. The van der Waals surface area contributed by atoms with Gasteiger partial charge in [0.05, 0.1) is 11.0 Å². The number of aryl methyl sites for hydroxylation is 2. The molecule has 9 atom stereocenters. The van der Waals surface area contributed by atoms with Crippen LogP contribution in [0.3, 0.4) is 0 Å². The summed E-state index contributed by atoms with van der Waals surface area (Å²) in [6.45, 7) is 11.5. The normalized spacial score (nSPS) is 40.0. The summed E-state index contributed by atoms with van der Waals surface area (Å²) in [4.78, 5) is 20.1. The number of aromatic nitrogens is 2. The summed E-state index contributed by atoms with van der Waals surface area (Å²) >= 11 is 0. The monoisotopic (exact) mass is 504 g/mol. The van der Waals surface area contributed by atoms with E-state index in [9.17, 15) is 4.79 Å². The maximum absolute atomic E-state index is 11.6. The lowest BCUT2D eigenvalue weighted by atomic mass is 9.44. The van der Waals surface area contributed by atoms with Crippen molar-refractivity contribution >= 4 is 17.0 Å². The Morgan fingerprint density at radius 2 is 1.86 bits per heavy atom. The van der Waals surface area contributed by atoms with Crippen molar-refractivity contribution in [2.45, 2.75) is 111 Å². The summed E-state index contributed by atoms with van der Waals surface area (Å²) in [6, 6.07) is 6.52. The molecule has 4 fully saturated rings. The molecule has 0 aliphatic heterocycles. The van der Waals surface area contributed by atoms with E-state index in [4.69, 9.17) is 9.72 Å². The highest BCUT2D eigenvalue weighted by Gasteiger charge is 2.60. The summed E-state index contributed by atoms with van der Waals surface area (Å²) in [5.41, 5.74) is 4.52. The molecule has 4 saturated carbocycles. The van der Waals surface area contributed by atoms with E-state index in [1.54, 1.807) is 6.92 Å². The summed E-state index contributed by atoms with van der Waals surface area (Å²) < 4.78 is 5.68. The van der Waals surface area contributed by atoms with Gasteiger partial charge in [0.2, 0.25) is 0 Å². The van der Waals surface area contributed by atoms with Crippen LogP contribution in [0.25, 0.3) is 11.0 Å². The van der Waals surface area contributed by atoms with E-state index in [-0.39, 0.29) is 12.1 Å². The van der Waals surface area contributed by atoms with Crippen molar-refractivity contribution in [1.29, 1.82) is 0 Å². The van der Waals surface area contributed by atoms with E-state index in [0.717, 1.165) is 66.1 Å². The van der Waals surface area contributed by atoms with Crippen LogP contribution < -0.4 is 0 Å². The van der Waals surface area contributed by atoms with Crippen LogP contribution >= 0.6 is 0 Å². The fourth-order valence-corrected chi connectivity index (χ4v) is 10.4. The van der Waals surface area contributed by atoms with Gasteiger partial charge < -0.3 is 9.72 Å². The number of fused-ring (bicyclic) bond motifs is 6. The Labute approximate surface area is 223 Å². The Hall–Kier alpha value is -1.84. The molecule has 1 heterocycles. The van der Waals surface area contributed by atoms with Gasteiger partial charge in [0, 0.05) is 13.3 Å². The number of imidazole rings is 1. The minimum Gasteiger partial charge on any atom is -0.463 e. The molecular formula is C33H48N2O2. The predicted molar refractivity (Wildman–Crippen MR) is 149 cm³/mol. The van der Waals surface area contributed by atoms with E-state index < -0.39 is 0 Å². The molecular weight excluding hydrogens is 456 g/mol. The number of hydrogen-bond donors (Lipinski definition) is 1. The number of H-pyrrole nitrogens is 1. The van der Waals surface area contributed by atoms with Gasteiger partial charge in [0.15, 0.2) is 0 Å². The number of ether oxygens (including phenoxy) is 1. The molecule has 4 heteroatoms. The maximum Gasteiger partial charge on any atom is 0.302 e. The van der Waals surface area contributed by atoms with Crippen LogP contribution in [0.4, 0.5) is 0 Å². The topological polar surface area (TPSA) is 55.0 Å². The highest BCUT2D eigenvalue weighted by atomic mass is 16.5. The molecule has 0 bridgehead atoms. The first-order valence-corrected chi connectivity index (χ1v) is 15.3. The van der Waals surface area contributed by atoms with Gasteiger partial charge in [0.1, 0.15) is 11.9 Å². The molecule has 1 N–H and O–H groups in total. The Morgan fingerprint density at radius 3 is 2.68 bits per heavy atom. The van der Waals surface area contributed by atoms with Crippen molar-refractivity contribution in [3.05, 3.63) is 29.6 Å². The minimum atomic E-state index is -0.0998. The number of esters is 1. The molecule has 1 unspecified atom stereocenters. The van der Waals surface area contributed by atoms with E-state index >= 15 is 0 Å². The largest absolute Gasteiger partial charge is 0.463 e. The SMILES string of the molecule is CC(=O)O[C@@H]1CC[C@@]2(C)C(CC[C@H]3[C@@H]4CC[C@H]([C@H](C)CCc5nc6ccc(C)cc6[nH]5)[C@@]4(C)CC[C@@H]32)C1. The molecule has 0 amide bonds. The highest BCUT2D eigenvalue weighted by Crippen LogP contribution is 2.68. The van der Waals surface area contributed by atoms with Gasteiger partial charge in [-0.1, -0.05) is 26.8 Å². The minimum absolute atomic E-state index is 0.0998. The molecule has 202 valence electrons. The van der Waals surface area contributed by atoms with Gasteiger partial charge in [-0.3, -0.25) is 4.79 Å². The Balaban J connectivity index is 1.12. The summed E-state index contributed by atoms with van der Waals surface area (Å²) in [5.74, 6) is 6.06. The molecule has 4 aliphatic carbocycles. The number of carbonyl (C=O) groups excluding carboxylic acids is 1. The molecule has 37 heavy (non-hydrogen) atoms. The predicted octanol–water partition coefficient (Wildman–Crippen LogP) is 8.03. The number of nitrogens with zero attached hydrogens (tertiary/aromatic N) is 1. The standard InChI is InChI=1S/C33H48N2O2/c1-20-6-12-29-30(18-20)35-31(34-29)13-7-21(2)26-10-11-27-25-9-8-23-19-24(37-22(3)36)14-16-32(23,4)28(25)15-17-33(26,27)5/h6,12,18,21,23-28H,7-11,13-17,19H2,1-5H3,(H,34,35)/t21-,23?,24-,25+,26-,27+,28+,32+,33-/m1/s1. The van der Waals surface area contributed by atoms with Gasteiger partial charge >= 0.3 is 5.97 Å². The second kappa shape index (κ2) is 9.42. The van der Waals surface area contributed by atoms with E-state index in [1.165, 1.54) is 62.4 Å². The molecule has 0 spiro atoms. The zero-order chi connectivity index (χ0) is 25.9. The molecule has 4 nitrogen and oxygen atoms in total. The fraction of sp³-hybridized carbons (Fsp3) is 0.758. The highest BCUT2D eigenvalue weighted by molar-refractivity contribution is 5.75. The summed E-state index contributed by atoms with van der Waals surface area (Å²) in [7, 11) is 0. The lowest BCUT2D eigenvalue weighted by molar-refractivity contribution is -0.160. The Kier molecular flexibility index (Phi) is 6.47. The van der Waals surface area contributed by atoms with Crippen molar-refractivity contribution < 1.29 is 9.53 Å². The zero-order valence-corrected chi connectivity index (χ0v) is 23.8. The van der Waals surface area contributed by atoms with Gasteiger partial charge in [-0.05, 0) is 135 Å². The third-order valence-corrected chi connectivity index (χ3v) is 12.2. The van der Waals surface area contributed by atoms with Gasteiger partial charge in [-0.25, -0.2) is 4.98 Å². The van der Waals surface area contributed by atoms with Crippen LogP contribution in [-0.4, -0.2) is 22.0 Å². The van der Waals surface area contributed by atoms with Crippen molar-refractivity contribution in [2.75, 3.05) is 0 Å². The van der Waals surface area contributed by atoms with Crippen LogP contribution in [0.5, 0.6) is 0 Å². The molecule has 0 saturated heterocycles. The summed E-state index contributed by atoms with van der Waals surface area (Å²) in [6.07, 6.45) is 14.3. The maximum atomic E-state index is 11.6. The lowest BCUT2D eigenvalue weighted by Gasteiger charge is -2.61. The van der Waals surface area contributed by atoms with Crippen LogP contribution in [-0.2, 0) is 16.0 Å². The number of carbonyl (C=O) groups is 1. The first-order valence-electron chi connectivity index (χ1n) is 15.3. The van der Waals surface area contributed by atoms with E-state index in [0.29, 0.717) is 10.8 Å². The van der Waals surface area contributed by atoms with Crippen molar-refractivity contribution in [3.63, 3.8) is 0 Å². The Bertz CT molecular complexity index is 1150. The molecule has 2 aromatic rings. The van der Waals surface area contributed by atoms with Crippen LogP contribution in [0.2, 0.25) is 0 Å². The smallest absolute Gasteiger partial charge is 0.302 e. The summed E-state index contributed by atoms with van der Waals surface area (Å²) in [5, 5.41) is 0. The first-order chi connectivity index (χ1) is 17.7. The van der Waals surface area contributed by atoms with Gasteiger partial charge in [-0.2, -0.15) is 0 Å². The van der Waals surface area contributed by atoms with Crippen molar-refractivity contribution in [1.82, 2.24) is 9.97 Å². The lowest BCUT2D eigenvalue weighted by Crippen LogP contribution is -2.54. The third-order valence-electron chi connectivity index (χ3n) is 12.2. The van der Waals surface area contributed by atoms with Crippen molar-refractivity contribution in [3.8, 4) is 0 Å². The van der Waals surface area contributed by atoms with Crippen LogP contribution in [0.1, 0.15) is 103 Å². The molecule has 6 rings (SSSR count). The fourth-order valence-electron chi connectivity index (χ4n) is 10.4. The first kappa shape index (κ1) is 25.4. The second-order valence-corrected chi connectivity index (χ2v) is 14.1. The quantitative estimate of drug-likeness (QED) is 0.419. The average Bonchev–Trinajstić information content (AvgIpc) is 3.42. The van der Waals surface area contributed by atoms with E-state index in [1.807, 2.05) is 0 Å². The molecule has 1 aromatic carbocycles. The third kappa shape index (κ3) is 4.35. The van der Waals surface area contributed by atoms with E-state index in [2.05, 4.69) is 50.9 Å². The van der Waals surface area contributed by atoms with Crippen molar-refractivity contribution in [2.24, 2.45) is 46.3 Å². The zero-order valence-electron chi connectivity index (χ0n) is 23.8. The second-order valence-electron chi connectivity index (χ2n) is 14.1. The van der Waals surface area contributed by atoms with Gasteiger partial charge in [-0.15, -0.1) is 0 Å². The molecule has 4 aliphatic rings. The number of hydrogen-bond acceptors (Lipinski definition) is 3. The number of aromatic amines is 1. The Morgan fingerprint density at radius 1 is 1.08 bits per heavy atom. The number of benzene rings is 1. The molecule has 1 aromatic heterocycles. The van der Waals surface area contributed by atoms with Crippen LogP contribution in [0.15, 0.2) is 18.2 Å². The van der Waals surface area contributed by atoms with Crippen LogP contribution in [0, 0.1) is 53.3 Å². The number of rotatable bonds is 5. The number of nitrogens with one attached hydrogen (secondary N) is 1.